The fourth-order valence-electron chi connectivity index (χ4n) is 0.356. The van der Waals surface area contributed by atoms with E-state index in [4.69, 9.17) is 17.5 Å². The minimum Gasteiger partial charge on any atom is -1.00 e. The molecule has 0 aromatic heterocycles. The molecule has 120 valence electrons. The van der Waals surface area contributed by atoms with E-state index in [-0.39, 0.29) is 31.0 Å². The van der Waals surface area contributed by atoms with Gasteiger partial charge in [0, 0.05) is 0 Å². The molecule has 16 heteroatoms. The van der Waals surface area contributed by atoms with Gasteiger partial charge in [-0.1, -0.05) is 0 Å². The largest absolute Gasteiger partial charge is 1.00 e. The summed E-state index contributed by atoms with van der Waals surface area (Å²) in [6.07, 6.45) is -13.9. The summed E-state index contributed by atoms with van der Waals surface area (Å²) < 4.78 is 145. The van der Waals surface area contributed by atoms with Crippen molar-refractivity contribution in [1.82, 2.24) is 0 Å². The van der Waals surface area contributed by atoms with Gasteiger partial charge in [-0.25, -0.2) is 0 Å². The van der Waals surface area contributed by atoms with Gasteiger partial charge in [0.05, 0.1) is 0 Å². The third-order valence-corrected chi connectivity index (χ3v) is 1.11. The van der Waals surface area contributed by atoms with E-state index < -0.39 is 34.6 Å². The maximum Gasteiger partial charge on any atom is 1.00 e. The molecule has 0 aliphatic rings. The number of hydrogen-bond donors (Lipinski definition) is 2. The summed E-state index contributed by atoms with van der Waals surface area (Å²) in [6.45, 7) is 0. The Morgan fingerprint density at radius 2 is 0.750 bits per heavy atom. The normalized spacial score (nSPS) is 14.0. The molecule has 2 N–H and O–H groups in total. The zero-order chi connectivity index (χ0) is 16.5. The van der Waals surface area contributed by atoms with Crippen LogP contribution in [0.2, 0.25) is 0 Å². The van der Waals surface area contributed by atoms with Gasteiger partial charge >= 0.3 is 64.2 Å². The molecule has 20 heavy (non-hydrogen) atoms. The van der Waals surface area contributed by atoms with E-state index in [2.05, 4.69) is 0 Å². The van der Waals surface area contributed by atoms with E-state index >= 15 is 0 Å². The van der Waals surface area contributed by atoms with E-state index in [1.807, 2.05) is 0 Å². The van der Waals surface area contributed by atoms with Gasteiger partial charge in [0.1, 0.15) is 0 Å². The summed E-state index contributed by atoms with van der Waals surface area (Å²) >= 11 is 0. The smallest absolute Gasteiger partial charge is 1.00 e. The fraction of sp³-hybridized carbons (Fsp3) is 1.00. The first-order valence-electron chi connectivity index (χ1n) is 3.34. The average Bonchev–Trinajstić information content (AvgIpc) is 1.95. The minimum absolute atomic E-state index is 0. The van der Waals surface area contributed by atoms with Gasteiger partial charge in [-0.3, -0.25) is 9.11 Å². The van der Waals surface area contributed by atoms with Crippen LogP contribution in [0, 0.1) is 0 Å². The molecule has 0 unspecified atom stereocenters. The molecule has 4 nitrogen and oxygen atoms in total. The van der Waals surface area contributed by atoms with Gasteiger partial charge in [-0.05, 0) is 0 Å². The molecular weight excluding hydrogens is 357 g/mol. The van der Waals surface area contributed by atoms with Gasteiger partial charge in [-0.15, -0.1) is 0 Å². The second-order valence-corrected chi connectivity index (χ2v) is 3.49. The van der Waals surface area contributed by atoms with Crippen LogP contribution < -0.4 is 29.6 Å². The Balaban J connectivity index is -0.000000179. The molecule has 0 fully saturated rings. The van der Waals surface area contributed by atoms with Crippen LogP contribution in [0.5, 0.6) is 0 Å². The van der Waals surface area contributed by atoms with E-state index in [0.29, 0.717) is 0 Å². The average molecular weight is 360 g/mol. The first-order chi connectivity index (χ1) is 7.75. The molecule has 0 aromatic carbocycles. The quantitative estimate of drug-likeness (QED) is 0.388. The summed E-state index contributed by atoms with van der Waals surface area (Å²) in [6, 6.07) is 0. The van der Waals surface area contributed by atoms with Crippen molar-refractivity contribution in [3.05, 3.63) is 0 Å². The zero-order valence-corrected chi connectivity index (χ0v) is 11.7. The van der Waals surface area contributed by atoms with E-state index in [1.54, 1.807) is 0 Å². The van der Waals surface area contributed by atoms with Crippen molar-refractivity contribution in [3.8, 4) is 0 Å². The predicted octanol–water partition coefficient (Wildman–Crippen LogP) is -0.155. The number of halogens is 10. The fourth-order valence-corrected chi connectivity index (χ4v) is 0.356. The standard InChI is InChI=1S/C4F10.Na.H2O4S.H/c5-1(6,3(9,10)11)2(7,8)4(12,13)14;;1-5(2,3)4;/h;;(H2,1,2,3,4);/q;+1;;-1. The van der Waals surface area contributed by atoms with Crippen LogP contribution >= 0.6 is 0 Å². The molecule has 0 atom stereocenters. The van der Waals surface area contributed by atoms with Crippen LogP contribution in [-0.2, 0) is 10.4 Å². The monoisotopic (exact) mass is 360 g/mol. The minimum atomic E-state index is -7.14. The van der Waals surface area contributed by atoms with Crippen molar-refractivity contribution in [1.29, 1.82) is 0 Å². The molecule has 0 radical (unpaired) electrons. The van der Waals surface area contributed by atoms with Gasteiger partial charge < -0.3 is 1.43 Å². The Hall–Kier alpha value is 0.170. The van der Waals surface area contributed by atoms with E-state index in [9.17, 15) is 43.9 Å². The first-order valence-corrected chi connectivity index (χ1v) is 4.74. The molecule has 0 rings (SSSR count). The number of alkyl halides is 10. The topological polar surface area (TPSA) is 74.6 Å². The Bertz CT molecular complexity index is 370. The van der Waals surface area contributed by atoms with Crippen LogP contribution in [0.25, 0.3) is 0 Å². The van der Waals surface area contributed by atoms with Crippen molar-refractivity contribution in [3.63, 3.8) is 0 Å². The van der Waals surface area contributed by atoms with Crippen molar-refractivity contribution in [2.45, 2.75) is 24.2 Å². The Kier molecular flexibility index (Phi) is 8.74. The summed E-state index contributed by atoms with van der Waals surface area (Å²) in [5.41, 5.74) is 0. The Morgan fingerprint density at radius 1 is 0.650 bits per heavy atom. The van der Waals surface area contributed by atoms with Gasteiger partial charge in [0.15, 0.2) is 0 Å². The molecule has 0 heterocycles. The Morgan fingerprint density at radius 3 is 0.800 bits per heavy atom. The van der Waals surface area contributed by atoms with Crippen LogP contribution in [0.3, 0.4) is 0 Å². The summed E-state index contributed by atoms with van der Waals surface area (Å²) in [5, 5.41) is 0. The summed E-state index contributed by atoms with van der Waals surface area (Å²) in [5.74, 6) is -14.3. The predicted molar refractivity (Wildman–Crippen MR) is 37.3 cm³/mol. The summed E-state index contributed by atoms with van der Waals surface area (Å²) in [7, 11) is -4.67. The maximum absolute atomic E-state index is 11.6. The third-order valence-electron chi connectivity index (χ3n) is 1.11. The molecule has 0 bridgehead atoms. The molecule has 0 saturated heterocycles. The maximum atomic E-state index is 11.6. The molecule has 0 spiro atoms. The first kappa shape index (κ1) is 25.1. The van der Waals surface area contributed by atoms with Crippen molar-refractivity contribution >= 4 is 10.4 Å². The molecule has 0 aliphatic heterocycles. The molecule has 0 aromatic rings. The van der Waals surface area contributed by atoms with Gasteiger partial charge in [0.2, 0.25) is 0 Å². The van der Waals surface area contributed by atoms with E-state index in [0.717, 1.165) is 0 Å². The van der Waals surface area contributed by atoms with E-state index in [1.165, 1.54) is 0 Å². The SMILES string of the molecule is FC(F)(F)C(F)(F)C(F)(F)C(F)(F)F.O=S(=O)(O)O.[H-].[Na+]. The Labute approximate surface area is 127 Å². The molecule has 0 amide bonds. The van der Waals surface area contributed by atoms with Crippen LogP contribution in [-0.4, -0.2) is 41.7 Å². The third kappa shape index (κ3) is 7.26. The zero-order valence-electron chi connectivity index (χ0n) is 9.90. The molecule has 0 saturated carbocycles. The second-order valence-electron chi connectivity index (χ2n) is 2.59. The second kappa shape index (κ2) is 6.95. The van der Waals surface area contributed by atoms with Crippen molar-refractivity contribution in [2.24, 2.45) is 0 Å². The van der Waals surface area contributed by atoms with Crippen LogP contribution in [0.15, 0.2) is 0 Å². The van der Waals surface area contributed by atoms with Crippen molar-refractivity contribution < 1.29 is 92.4 Å². The summed E-state index contributed by atoms with van der Waals surface area (Å²) in [4.78, 5) is 0. The molecule has 0 aliphatic carbocycles. The van der Waals surface area contributed by atoms with Gasteiger partial charge in [0.25, 0.3) is 0 Å². The van der Waals surface area contributed by atoms with Crippen LogP contribution in [0.4, 0.5) is 43.9 Å². The van der Waals surface area contributed by atoms with Crippen molar-refractivity contribution in [2.75, 3.05) is 0 Å². The number of rotatable bonds is 1. The van der Waals surface area contributed by atoms with Crippen LogP contribution in [0.1, 0.15) is 1.43 Å². The molecular formula is C4H3F10NaO4S. The number of hydrogen-bond acceptors (Lipinski definition) is 2. The van der Waals surface area contributed by atoms with Gasteiger partial charge in [-0.2, -0.15) is 52.3 Å².